The summed E-state index contributed by atoms with van der Waals surface area (Å²) in [6.07, 6.45) is -1.34. The largest absolute Gasteiger partial charge is 0.417 e. The van der Waals surface area contributed by atoms with Crippen LogP contribution in [0.5, 0.6) is 0 Å². The summed E-state index contributed by atoms with van der Waals surface area (Å²) in [4.78, 5) is 17.5. The number of nitrogens with one attached hydrogen (secondary N) is 1. The highest BCUT2D eigenvalue weighted by molar-refractivity contribution is 5.78. The van der Waals surface area contributed by atoms with Crippen molar-refractivity contribution in [2.24, 2.45) is 0 Å². The Morgan fingerprint density at radius 2 is 2.00 bits per heavy atom. The summed E-state index contributed by atoms with van der Waals surface area (Å²) in [7, 11) is 0. The van der Waals surface area contributed by atoms with E-state index in [0.29, 0.717) is 18.8 Å². The van der Waals surface area contributed by atoms with Crippen molar-refractivity contribution in [3.05, 3.63) is 23.9 Å². The smallest absolute Gasteiger partial charge is 0.354 e. The zero-order chi connectivity index (χ0) is 14.3. The summed E-state index contributed by atoms with van der Waals surface area (Å²) in [5.74, 6) is 0.510. The molecule has 2 saturated heterocycles. The summed E-state index contributed by atoms with van der Waals surface area (Å²) in [5, 5.41) is 2.82. The van der Waals surface area contributed by atoms with Crippen LogP contribution in [0.1, 0.15) is 24.8 Å². The molecular weight excluding hydrogens is 271 g/mol. The highest BCUT2D eigenvalue weighted by atomic mass is 19.4. The molecule has 3 rings (SSSR count). The van der Waals surface area contributed by atoms with Crippen LogP contribution in [0.3, 0.4) is 0 Å². The number of nitrogens with zero attached hydrogens (tertiary/aromatic N) is 2. The maximum atomic E-state index is 12.5. The number of fused-ring (bicyclic) bond motifs is 2. The summed E-state index contributed by atoms with van der Waals surface area (Å²) in [5.41, 5.74) is -0.752. The molecule has 20 heavy (non-hydrogen) atoms. The van der Waals surface area contributed by atoms with E-state index in [4.69, 9.17) is 0 Å². The minimum Gasteiger partial charge on any atom is -0.354 e. The highest BCUT2D eigenvalue weighted by Gasteiger charge is 2.38. The lowest BCUT2D eigenvalue weighted by Gasteiger charge is -2.28. The van der Waals surface area contributed by atoms with Crippen molar-refractivity contribution in [1.29, 1.82) is 0 Å². The van der Waals surface area contributed by atoms with E-state index in [1.165, 1.54) is 6.07 Å². The Kier molecular flexibility index (Phi) is 3.07. The summed E-state index contributed by atoms with van der Waals surface area (Å²) >= 11 is 0. The molecule has 2 aliphatic heterocycles. The summed E-state index contributed by atoms with van der Waals surface area (Å²) in [6.45, 7) is 0.526. The molecule has 1 aromatic rings. The maximum absolute atomic E-state index is 12.5. The quantitative estimate of drug-likeness (QED) is 0.858. The second kappa shape index (κ2) is 4.64. The van der Waals surface area contributed by atoms with E-state index >= 15 is 0 Å². The van der Waals surface area contributed by atoms with Crippen molar-refractivity contribution in [2.75, 3.05) is 11.4 Å². The highest BCUT2D eigenvalue weighted by Crippen LogP contribution is 2.34. The van der Waals surface area contributed by atoms with Gasteiger partial charge in [0.1, 0.15) is 5.82 Å². The Labute approximate surface area is 114 Å². The van der Waals surface area contributed by atoms with Gasteiger partial charge in [-0.15, -0.1) is 0 Å². The monoisotopic (exact) mass is 285 g/mol. The lowest BCUT2D eigenvalue weighted by atomic mass is 10.1. The summed E-state index contributed by atoms with van der Waals surface area (Å²) < 4.78 is 37.6. The molecule has 2 bridgehead atoms. The topological polar surface area (TPSA) is 45.2 Å². The predicted molar refractivity (Wildman–Crippen MR) is 66.2 cm³/mol. The Bertz CT molecular complexity index is 515. The molecule has 1 amide bonds. The molecule has 2 atom stereocenters. The number of alkyl halides is 3. The van der Waals surface area contributed by atoms with E-state index in [-0.39, 0.29) is 18.0 Å². The van der Waals surface area contributed by atoms with E-state index in [9.17, 15) is 18.0 Å². The van der Waals surface area contributed by atoms with Crippen LogP contribution in [0.15, 0.2) is 18.3 Å². The van der Waals surface area contributed by atoms with E-state index in [1.807, 2.05) is 4.90 Å². The molecule has 2 fully saturated rings. The van der Waals surface area contributed by atoms with E-state index < -0.39 is 11.7 Å². The van der Waals surface area contributed by atoms with Crippen LogP contribution in [0.25, 0.3) is 0 Å². The molecule has 1 aromatic heterocycles. The number of carbonyl (C=O) groups excluding carboxylic acids is 1. The molecule has 0 spiro atoms. The second-order valence-electron chi connectivity index (χ2n) is 5.20. The number of pyridine rings is 1. The number of aromatic nitrogens is 1. The van der Waals surface area contributed by atoms with Crippen LogP contribution < -0.4 is 10.2 Å². The van der Waals surface area contributed by atoms with Gasteiger partial charge in [-0.25, -0.2) is 4.98 Å². The van der Waals surface area contributed by atoms with Gasteiger partial charge in [-0.05, 0) is 25.0 Å². The van der Waals surface area contributed by atoms with Crippen LogP contribution in [-0.4, -0.2) is 29.5 Å². The van der Waals surface area contributed by atoms with Crippen LogP contribution in [0.4, 0.5) is 19.0 Å². The number of halogens is 3. The van der Waals surface area contributed by atoms with Crippen molar-refractivity contribution in [3.63, 3.8) is 0 Å². The fourth-order valence-corrected chi connectivity index (χ4v) is 2.96. The van der Waals surface area contributed by atoms with Crippen LogP contribution >= 0.6 is 0 Å². The molecule has 2 aliphatic rings. The van der Waals surface area contributed by atoms with Gasteiger partial charge >= 0.3 is 6.18 Å². The Hall–Kier alpha value is -1.79. The number of hydrogen-bond acceptors (Lipinski definition) is 3. The number of rotatable bonds is 1. The minimum absolute atomic E-state index is 0.00545. The molecule has 0 aromatic carbocycles. The molecule has 0 aliphatic carbocycles. The first-order valence-corrected chi connectivity index (χ1v) is 6.53. The molecule has 3 heterocycles. The zero-order valence-electron chi connectivity index (χ0n) is 10.7. The number of amides is 1. The molecule has 0 unspecified atom stereocenters. The third kappa shape index (κ3) is 2.32. The van der Waals surface area contributed by atoms with Crippen LogP contribution in [0, 0.1) is 0 Å². The molecule has 0 saturated carbocycles. The van der Waals surface area contributed by atoms with Crippen molar-refractivity contribution in [1.82, 2.24) is 10.3 Å². The molecular formula is C13H14F3N3O. The Morgan fingerprint density at radius 1 is 1.25 bits per heavy atom. The number of anilines is 1. The Morgan fingerprint density at radius 3 is 2.65 bits per heavy atom. The van der Waals surface area contributed by atoms with Crippen molar-refractivity contribution < 1.29 is 18.0 Å². The van der Waals surface area contributed by atoms with Crippen molar-refractivity contribution >= 4 is 11.7 Å². The normalized spacial score (nSPS) is 26.4. The Balaban J connectivity index is 1.87. The maximum Gasteiger partial charge on any atom is 0.417 e. The molecule has 7 heteroatoms. The second-order valence-corrected chi connectivity index (χ2v) is 5.20. The number of carbonyl (C=O) groups is 1. The van der Waals surface area contributed by atoms with Crippen LogP contribution in [-0.2, 0) is 11.0 Å². The van der Waals surface area contributed by atoms with Gasteiger partial charge in [0, 0.05) is 31.2 Å². The van der Waals surface area contributed by atoms with Gasteiger partial charge in [-0.3, -0.25) is 4.79 Å². The lowest BCUT2D eigenvalue weighted by molar-refractivity contribution is -0.137. The molecule has 108 valence electrons. The molecule has 0 radical (unpaired) electrons. The molecule has 1 N–H and O–H groups in total. The van der Waals surface area contributed by atoms with Crippen molar-refractivity contribution in [3.8, 4) is 0 Å². The number of hydrogen-bond donors (Lipinski definition) is 1. The van der Waals surface area contributed by atoms with Gasteiger partial charge in [0.2, 0.25) is 5.91 Å². The van der Waals surface area contributed by atoms with E-state index in [1.54, 1.807) is 0 Å². The lowest BCUT2D eigenvalue weighted by Crippen LogP contribution is -2.38. The molecule has 4 nitrogen and oxygen atoms in total. The first-order valence-electron chi connectivity index (χ1n) is 6.53. The minimum atomic E-state index is -4.37. The third-order valence-electron chi connectivity index (χ3n) is 3.92. The zero-order valence-corrected chi connectivity index (χ0v) is 10.7. The predicted octanol–water partition coefficient (Wildman–Crippen LogP) is 1.96. The van der Waals surface area contributed by atoms with Gasteiger partial charge in [0.25, 0.3) is 0 Å². The fraction of sp³-hybridized carbons (Fsp3) is 0.538. The average molecular weight is 285 g/mol. The first kappa shape index (κ1) is 13.2. The van der Waals surface area contributed by atoms with E-state index in [0.717, 1.165) is 25.1 Å². The van der Waals surface area contributed by atoms with E-state index in [2.05, 4.69) is 10.3 Å². The first-order chi connectivity index (χ1) is 9.45. The standard InChI is InChI=1S/C13H14F3N3O/c14-13(15,16)8-1-4-11(17-6-8)19-9-2-3-10(19)7-18-12(20)5-9/h1,4,6,9-10H,2-3,5,7H2,(H,18,20)/t9-,10+/m0/s1. The van der Waals surface area contributed by atoms with Gasteiger partial charge in [-0.2, -0.15) is 13.2 Å². The third-order valence-corrected chi connectivity index (χ3v) is 3.92. The van der Waals surface area contributed by atoms with Crippen molar-refractivity contribution in [2.45, 2.75) is 37.5 Å². The van der Waals surface area contributed by atoms with Gasteiger partial charge in [-0.1, -0.05) is 0 Å². The van der Waals surface area contributed by atoms with Gasteiger partial charge in [0.05, 0.1) is 5.56 Å². The average Bonchev–Trinajstić information content (AvgIpc) is 2.69. The SMILES string of the molecule is O=C1C[C@@H]2CC[C@H](CN1)N2c1ccc(C(F)(F)F)cn1. The fourth-order valence-electron chi connectivity index (χ4n) is 2.96. The van der Waals surface area contributed by atoms with Crippen LogP contribution in [0.2, 0.25) is 0 Å². The van der Waals surface area contributed by atoms with Gasteiger partial charge in [0.15, 0.2) is 0 Å². The summed E-state index contributed by atoms with van der Waals surface area (Å²) in [6, 6.07) is 2.59. The van der Waals surface area contributed by atoms with Gasteiger partial charge < -0.3 is 10.2 Å².